The van der Waals surface area contributed by atoms with E-state index in [1.165, 1.54) is 16.8 Å². The fourth-order valence-electron chi connectivity index (χ4n) is 4.05. The summed E-state index contributed by atoms with van der Waals surface area (Å²) in [7, 11) is 0. The number of aromatic nitrogens is 2. The third-order valence-corrected chi connectivity index (χ3v) is 7.14. The van der Waals surface area contributed by atoms with Crippen molar-refractivity contribution in [3.63, 3.8) is 0 Å². The minimum Gasteiger partial charge on any atom is -0.369 e. The van der Waals surface area contributed by atoms with Gasteiger partial charge < -0.3 is 15.0 Å². The molecule has 0 unspecified atom stereocenters. The van der Waals surface area contributed by atoms with Crippen molar-refractivity contribution in [2.75, 3.05) is 19.7 Å². The zero-order chi connectivity index (χ0) is 19.1. The van der Waals surface area contributed by atoms with E-state index in [-0.39, 0.29) is 17.4 Å². The first-order chi connectivity index (χ1) is 13.6. The molecule has 1 saturated carbocycles. The molecule has 1 spiro atoms. The largest absolute Gasteiger partial charge is 0.369 e. The number of carbonyl (C=O) groups excluding carboxylic acids is 2. The first-order valence-electron chi connectivity index (χ1n) is 9.77. The van der Waals surface area contributed by atoms with Crippen molar-refractivity contribution in [1.82, 2.24) is 20.2 Å². The lowest BCUT2D eigenvalue weighted by atomic mass is 9.85. The number of nitrogens with zero attached hydrogens (tertiary/aromatic N) is 3. The lowest BCUT2D eigenvalue weighted by Crippen LogP contribution is -2.47. The molecule has 2 fully saturated rings. The van der Waals surface area contributed by atoms with E-state index in [0.717, 1.165) is 37.0 Å². The van der Waals surface area contributed by atoms with Crippen molar-refractivity contribution < 1.29 is 14.3 Å². The highest BCUT2D eigenvalue weighted by atomic mass is 32.1. The van der Waals surface area contributed by atoms with Gasteiger partial charge >= 0.3 is 0 Å². The summed E-state index contributed by atoms with van der Waals surface area (Å²) in [6.07, 6.45) is 9.02. The van der Waals surface area contributed by atoms with Gasteiger partial charge in [0, 0.05) is 36.4 Å². The van der Waals surface area contributed by atoms with Gasteiger partial charge in [0.2, 0.25) is 0 Å². The first kappa shape index (κ1) is 17.8. The van der Waals surface area contributed by atoms with E-state index in [0.29, 0.717) is 31.3 Å². The van der Waals surface area contributed by atoms with Gasteiger partial charge in [-0.1, -0.05) is 0 Å². The van der Waals surface area contributed by atoms with Crippen molar-refractivity contribution in [3.8, 4) is 0 Å². The maximum absolute atomic E-state index is 12.7. The molecule has 3 aliphatic rings. The molecule has 0 radical (unpaired) electrons. The van der Waals surface area contributed by atoms with E-state index < -0.39 is 0 Å². The smallest absolute Gasteiger partial charge is 0.261 e. The quantitative estimate of drug-likeness (QED) is 0.856. The van der Waals surface area contributed by atoms with Crippen molar-refractivity contribution in [2.45, 2.75) is 43.7 Å². The normalized spacial score (nSPS) is 20.6. The molecule has 8 heteroatoms. The van der Waals surface area contributed by atoms with Crippen LogP contribution in [-0.4, -0.2) is 52.4 Å². The third kappa shape index (κ3) is 3.20. The number of fused-ring (bicyclic) bond motifs is 2. The topological polar surface area (TPSA) is 84.4 Å². The highest BCUT2D eigenvalue weighted by molar-refractivity contribution is 7.14. The molecule has 2 aliphatic heterocycles. The van der Waals surface area contributed by atoms with Gasteiger partial charge in [-0.25, -0.2) is 9.97 Å². The van der Waals surface area contributed by atoms with Gasteiger partial charge in [0.25, 0.3) is 11.8 Å². The van der Waals surface area contributed by atoms with E-state index in [9.17, 15) is 9.59 Å². The predicted octanol–water partition coefficient (Wildman–Crippen LogP) is 2.13. The van der Waals surface area contributed by atoms with E-state index in [1.807, 2.05) is 11.0 Å². The summed E-state index contributed by atoms with van der Waals surface area (Å²) in [6, 6.07) is 2.40. The van der Waals surface area contributed by atoms with E-state index in [2.05, 4.69) is 15.3 Å². The fourth-order valence-corrected chi connectivity index (χ4v) is 5.37. The Labute approximate surface area is 167 Å². The molecule has 7 nitrogen and oxygen atoms in total. The number of hydrogen-bond donors (Lipinski definition) is 1. The maximum atomic E-state index is 12.7. The molecule has 1 aliphatic carbocycles. The van der Waals surface area contributed by atoms with Gasteiger partial charge in [0.1, 0.15) is 11.9 Å². The van der Waals surface area contributed by atoms with E-state index >= 15 is 0 Å². The highest BCUT2D eigenvalue weighted by Crippen LogP contribution is 2.45. The monoisotopic (exact) mass is 398 g/mol. The van der Waals surface area contributed by atoms with E-state index in [4.69, 9.17) is 4.74 Å². The third-order valence-electron chi connectivity index (χ3n) is 5.77. The molecule has 146 valence electrons. The number of amides is 2. The van der Waals surface area contributed by atoms with Crippen LogP contribution in [0, 0.1) is 0 Å². The predicted molar refractivity (Wildman–Crippen MR) is 103 cm³/mol. The molecule has 2 aromatic rings. The van der Waals surface area contributed by atoms with Crippen LogP contribution in [0.15, 0.2) is 24.8 Å². The Hall–Kier alpha value is -2.32. The average molecular weight is 398 g/mol. The molecule has 1 saturated heterocycles. The Morgan fingerprint density at radius 2 is 1.96 bits per heavy atom. The Kier molecular flexibility index (Phi) is 4.40. The fraction of sp³-hybridized carbons (Fsp3) is 0.500. The summed E-state index contributed by atoms with van der Waals surface area (Å²) in [5.41, 5.74) is 1.37. The number of likely N-dealkylation sites (tertiary alicyclic amines) is 1. The van der Waals surface area contributed by atoms with Gasteiger partial charge in [-0.3, -0.25) is 9.59 Å². The summed E-state index contributed by atoms with van der Waals surface area (Å²) in [4.78, 5) is 36.8. The van der Waals surface area contributed by atoms with Crippen molar-refractivity contribution in [3.05, 3.63) is 45.7 Å². The molecule has 0 atom stereocenters. The second-order valence-electron chi connectivity index (χ2n) is 7.72. The minimum absolute atomic E-state index is 0.0359. The lowest BCUT2D eigenvalue weighted by molar-refractivity contribution is -0.0906. The Morgan fingerprint density at radius 3 is 2.68 bits per heavy atom. The van der Waals surface area contributed by atoms with Crippen LogP contribution in [0.25, 0.3) is 0 Å². The average Bonchev–Trinajstić information content (AvgIpc) is 3.43. The van der Waals surface area contributed by atoms with Crippen molar-refractivity contribution >= 4 is 23.2 Å². The summed E-state index contributed by atoms with van der Waals surface area (Å²) in [5.74, 6) is -0.00379. The number of carbonyl (C=O) groups is 2. The zero-order valence-electron chi connectivity index (χ0n) is 15.5. The SMILES string of the molecule is O=C(NC1CC1)c1cc2c(s1)C1(CCN(C(=O)c3cncnc3)CC1)OCC2. The summed E-state index contributed by atoms with van der Waals surface area (Å²) in [6.45, 7) is 1.90. The van der Waals surface area contributed by atoms with Gasteiger partial charge in [0.05, 0.1) is 17.0 Å². The Bertz CT molecular complexity index is 901. The van der Waals surface area contributed by atoms with Gasteiger partial charge in [0.15, 0.2) is 0 Å². The van der Waals surface area contributed by atoms with Crippen LogP contribution in [0.2, 0.25) is 0 Å². The van der Waals surface area contributed by atoms with Gasteiger partial charge in [-0.2, -0.15) is 0 Å². The molecule has 0 bridgehead atoms. The molecular weight excluding hydrogens is 376 g/mol. The number of ether oxygens (including phenoxy) is 1. The molecule has 2 amide bonds. The number of thiophene rings is 1. The first-order valence-corrected chi connectivity index (χ1v) is 10.6. The summed E-state index contributed by atoms with van der Waals surface area (Å²) in [5, 5.41) is 3.08. The van der Waals surface area contributed by atoms with Crippen molar-refractivity contribution in [1.29, 1.82) is 0 Å². The Morgan fingerprint density at radius 1 is 1.21 bits per heavy atom. The molecule has 5 rings (SSSR count). The Balaban J connectivity index is 1.33. The van der Waals surface area contributed by atoms with Gasteiger partial charge in [-0.05, 0) is 43.7 Å². The second kappa shape index (κ2) is 6.93. The maximum Gasteiger partial charge on any atom is 0.261 e. The minimum atomic E-state index is -0.375. The van der Waals surface area contributed by atoms with Crippen LogP contribution in [0.1, 0.15) is 56.2 Å². The van der Waals surface area contributed by atoms with Crippen LogP contribution in [0.4, 0.5) is 0 Å². The van der Waals surface area contributed by atoms with Gasteiger partial charge in [-0.15, -0.1) is 11.3 Å². The van der Waals surface area contributed by atoms with E-state index in [1.54, 1.807) is 23.7 Å². The van der Waals surface area contributed by atoms with Crippen LogP contribution in [-0.2, 0) is 16.8 Å². The molecule has 4 heterocycles. The number of piperidine rings is 1. The number of nitrogens with one attached hydrogen (secondary N) is 1. The standard InChI is InChI=1S/C20H22N4O3S/c25-18(23-15-1-2-15)16-9-13-3-8-27-20(17(13)28-16)4-6-24(7-5-20)19(26)14-10-21-12-22-11-14/h9-12,15H,1-8H2,(H,23,25). The number of hydrogen-bond acceptors (Lipinski definition) is 6. The van der Waals surface area contributed by atoms with Crippen molar-refractivity contribution in [2.24, 2.45) is 0 Å². The zero-order valence-corrected chi connectivity index (χ0v) is 16.3. The van der Waals surface area contributed by atoms with Crippen LogP contribution in [0.3, 0.4) is 0 Å². The summed E-state index contributed by atoms with van der Waals surface area (Å²) >= 11 is 1.56. The highest BCUT2D eigenvalue weighted by Gasteiger charge is 2.43. The molecule has 2 aromatic heterocycles. The molecule has 28 heavy (non-hydrogen) atoms. The van der Waals surface area contributed by atoms with Crippen LogP contribution >= 0.6 is 11.3 Å². The molecule has 1 N–H and O–H groups in total. The lowest BCUT2D eigenvalue weighted by Gasteiger charge is -2.43. The van der Waals surface area contributed by atoms with Crippen LogP contribution in [0.5, 0.6) is 0 Å². The number of rotatable bonds is 3. The summed E-state index contributed by atoms with van der Waals surface area (Å²) < 4.78 is 6.27. The molecule has 0 aromatic carbocycles. The molecular formula is C20H22N4O3S. The second-order valence-corrected chi connectivity index (χ2v) is 8.78. The van der Waals surface area contributed by atoms with Crippen LogP contribution < -0.4 is 5.32 Å².